The molecule has 0 radical (unpaired) electrons. The number of methoxy groups -OCH3 is 1. The molecule has 5 nitrogen and oxygen atoms in total. The molecule has 0 unspecified atom stereocenters. The maximum absolute atomic E-state index is 11.4. The smallest absolute Gasteiger partial charge is 0.305 e. The monoisotopic (exact) mass is 243 g/mol. The number of aldehydes is 1. The van der Waals surface area contributed by atoms with Crippen LogP contribution in [0.15, 0.2) is 0 Å². The van der Waals surface area contributed by atoms with Gasteiger partial charge in [-0.15, -0.1) is 0 Å². The van der Waals surface area contributed by atoms with E-state index < -0.39 is 6.04 Å². The van der Waals surface area contributed by atoms with Gasteiger partial charge in [0.05, 0.1) is 13.2 Å². The Hall–Kier alpha value is -1.39. The highest BCUT2D eigenvalue weighted by Crippen LogP contribution is 2.04. The third kappa shape index (κ3) is 8.42. The number of carbonyl (C=O) groups excluding carboxylic acids is 3. The van der Waals surface area contributed by atoms with Gasteiger partial charge < -0.3 is 14.8 Å². The number of nitrogens with one attached hydrogen (secondary N) is 1. The van der Waals surface area contributed by atoms with Crippen LogP contribution in [0.3, 0.4) is 0 Å². The molecule has 0 saturated heterocycles. The van der Waals surface area contributed by atoms with Gasteiger partial charge >= 0.3 is 5.97 Å². The van der Waals surface area contributed by atoms with Gasteiger partial charge in [-0.25, -0.2) is 0 Å². The fourth-order valence-electron chi connectivity index (χ4n) is 1.43. The zero-order valence-corrected chi connectivity index (χ0v) is 10.7. The number of hydrogen-bond acceptors (Lipinski definition) is 4. The van der Waals surface area contributed by atoms with Crippen LogP contribution in [-0.2, 0) is 19.1 Å². The predicted octanol–water partition coefficient (Wildman–Crippen LogP) is 1.06. The maximum atomic E-state index is 11.4. The van der Waals surface area contributed by atoms with Gasteiger partial charge in [-0.1, -0.05) is 13.8 Å². The molecule has 0 aromatic heterocycles. The summed E-state index contributed by atoms with van der Waals surface area (Å²) >= 11 is 0. The van der Waals surface area contributed by atoms with Crippen molar-refractivity contribution in [3.63, 3.8) is 0 Å². The molecule has 0 aliphatic carbocycles. The molecule has 0 spiro atoms. The van der Waals surface area contributed by atoms with Crippen LogP contribution in [-0.4, -0.2) is 31.3 Å². The first-order valence-electron chi connectivity index (χ1n) is 5.81. The Morgan fingerprint density at radius 2 is 1.94 bits per heavy atom. The van der Waals surface area contributed by atoms with Crippen LogP contribution in [0.5, 0.6) is 0 Å². The molecule has 1 amide bonds. The molecular weight excluding hydrogens is 222 g/mol. The molecule has 0 aromatic rings. The van der Waals surface area contributed by atoms with Crippen LogP contribution in [0.1, 0.15) is 39.5 Å². The van der Waals surface area contributed by atoms with Gasteiger partial charge in [0.2, 0.25) is 5.91 Å². The summed E-state index contributed by atoms with van der Waals surface area (Å²) < 4.78 is 4.46. The minimum atomic E-state index is -0.430. The molecule has 0 fully saturated rings. The summed E-state index contributed by atoms with van der Waals surface area (Å²) in [6.45, 7) is 3.97. The summed E-state index contributed by atoms with van der Waals surface area (Å²) in [4.78, 5) is 33.0. The lowest BCUT2D eigenvalue weighted by atomic mass is 10.0. The number of ether oxygens (including phenoxy) is 1. The highest BCUT2D eigenvalue weighted by molar-refractivity contribution is 5.80. The summed E-state index contributed by atoms with van der Waals surface area (Å²) in [6.07, 6.45) is 2.27. The Morgan fingerprint density at radius 1 is 1.29 bits per heavy atom. The summed E-state index contributed by atoms with van der Waals surface area (Å²) in [5.74, 6) is -0.181. The molecule has 0 heterocycles. The third-order valence-electron chi connectivity index (χ3n) is 2.25. The van der Waals surface area contributed by atoms with Gasteiger partial charge in [0.25, 0.3) is 0 Å². The van der Waals surface area contributed by atoms with E-state index in [1.165, 1.54) is 7.11 Å². The lowest BCUT2D eigenvalue weighted by Crippen LogP contribution is -2.36. The fraction of sp³-hybridized carbons (Fsp3) is 0.750. The normalized spacial score (nSPS) is 12.0. The Labute approximate surface area is 102 Å². The molecule has 0 aromatic carbocycles. The van der Waals surface area contributed by atoms with Gasteiger partial charge in [-0.05, 0) is 18.8 Å². The first-order chi connectivity index (χ1) is 7.99. The second kappa shape index (κ2) is 8.73. The quantitative estimate of drug-likeness (QED) is 0.511. The van der Waals surface area contributed by atoms with Crippen LogP contribution in [0.25, 0.3) is 0 Å². The summed E-state index contributed by atoms with van der Waals surface area (Å²) in [7, 11) is 1.31. The first kappa shape index (κ1) is 15.6. The topological polar surface area (TPSA) is 72.5 Å². The van der Waals surface area contributed by atoms with E-state index in [0.717, 1.165) is 6.29 Å². The zero-order chi connectivity index (χ0) is 13.3. The van der Waals surface area contributed by atoms with E-state index >= 15 is 0 Å². The molecule has 0 aliphatic rings. The lowest BCUT2D eigenvalue weighted by molar-refractivity contribution is -0.140. The van der Waals surface area contributed by atoms with Crippen molar-refractivity contribution < 1.29 is 19.1 Å². The molecular formula is C12H21NO4. The van der Waals surface area contributed by atoms with E-state index in [1.807, 2.05) is 13.8 Å². The Bertz CT molecular complexity index is 263. The average Bonchev–Trinajstić information content (AvgIpc) is 2.27. The summed E-state index contributed by atoms with van der Waals surface area (Å²) in [6, 6.07) is -0.430. The Kier molecular flexibility index (Phi) is 8.01. The van der Waals surface area contributed by atoms with Gasteiger partial charge in [0, 0.05) is 12.8 Å². The minimum absolute atomic E-state index is 0.202. The van der Waals surface area contributed by atoms with E-state index in [4.69, 9.17) is 0 Å². The van der Waals surface area contributed by atoms with Crippen LogP contribution in [0.4, 0.5) is 0 Å². The van der Waals surface area contributed by atoms with Gasteiger partial charge in [0.1, 0.15) is 6.29 Å². The third-order valence-corrected chi connectivity index (χ3v) is 2.25. The number of carbonyl (C=O) groups is 3. The molecule has 1 atom stereocenters. The van der Waals surface area contributed by atoms with Gasteiger partial charge in [-0.2, -0.15) is 0 Å². The van der Waals surface area contributed by atoms with Crippen molar-refractivity contribution in [3.05, 3.63) is 0 Å². The van der Waals surface area contributed by atoms with Crippen molar-refractivity contribution in [2.75, 3.05) is 7.11 Å². The largest absolute Gasteiger partial charge is 0.469 e. The fourth-order valence-corrected chi connectivity index (χ4v) is 1.43. The lowest BCUT2D eigenvalue weighted by Gasteiger charge is -2.14. The number of esters is 1. The first-order valence-corrected chi connectivity index (χ1v) is 5.81. The van der Waals surface area contributed by atoms with E-state index in [0.29, 0.717) is 18.8 Å². The predicted molar refractivity (Wildman–Crippen MR) is 63.3 cm³/mol. The number of rotatable bonds is 8. The second-order valence-electron chi connectivity index (χ2n) is 4.37. The number of hydrogen-bond donors (Lipinski definition) is 1. The zero-order valence-electron chi connectivity index (χ0n) is 10.7. The minimum Gasteiger partial charge on any atom is -0.469 e. The molecule has 0 rings (SSSR count). The maximum Gasteiger partial charge on any atom is 0.305 e. The SMILES string of the molecule is COC(=O)CCCC(=O)N[C@H](C=O)CC(C)C. The van der Waals surface area contributed by atoms with Crippen molar-refractivity contribution in [1.29, 1.82) is 0 Å². The summed E-state index contributed by atoms with van der Waals surface area (Å²) in [5, 5.41) is 2.63. The van der Waals surface area contributed by atoms with Gasteiger partial charge in [-0.3, -0.25) is 9.59 Å². The second-order valence-corrected chi connectivity index (χ2v) is 4.37. The molecule has 5 heteroatoms. The highest BCUT2D eigenvalue weighted by Gasteiger charge is 2.13. The van der Waals surface area contributed by atoms with Crippen LogP contribution < -0.4 is 5.32 Å². The van der Waals surface area contributed by atoms with Crippen molar-refractivity contribution in [2.45, 2.75) is 45.6 Å². The van der Waals surface area contributed by atoms with Crippen molar-refractivity contribution >= 4 is 18.2 Å². The molecule has 1 N–H and O–H groups in total. The van der Waals surface area contributed by atoms with Crippen LogP contribution >= 0.6 is 0 Å². The average molecular weight is 243 g/mol. The van der Waals surface area contributed by atoms with E-state index in [-0.39, 0.29) is 24.7 Å². The van der Waals surface area contributed by atoms with E-state index in [1.54, 1.807) is 0 Å². The molecule has 98 valence electrons. The highest BCUT2D eigenvalue weighted by atomic mass is 16.5. The molecule has 0 bridgehead atoms. The van der Waals surface area contributed by atoms with Crippen molar-refractivity contribution in [1.82, 2.24) is 5.32 Å². The summed E-state index contributed by atoms with van der Waals surface area (Å²) in [5.41, 5.74) is 0. The standard InChI is InChI=1S/C12H21NO4/c1-9(2)7-10(8-14)13-11(15)5-4-6-12(16)17-3/h8-10H,4-7H2,1-3H3,(H,13,15)/t10-/m0/s1. The van der Waals surface area contributed by atoms with Crippen molar-refractivity contribution in [3.8, 4) is 0 Å². The number of amides is 1. The molecule has 0 aliphatic heterocycles. The Balaban J connectivity index is 3.83. The van der Waals surface area contributed by atoms with Crippen molar-refractivity contribution in [2.24, 2.45) is 5.92 Å². The van der Waals surface area contributed by atoms with E-state index in [2.05, 4.69) is 10.1 Å². The Morgan fingerprint density at radius 3 is 2.41 bits per heavy atom. The van der Waals surface area contributed by atoms with Crippen LogP contribution in [0, 0.1) is 5.92 Å². The van der Waals surface area contributed by atoms with Gasteiger partial charge in [0.15, 0.2) is 0 Å². The van der Waals surface area contributed by atoms with Crippen LogP contribution in [0.2, 0.25) is 0 Å². The molecule has 0 saturated carbocycles. The molecule has 17 heavy (non-hydrogen) atoms. The van der Waals surface area contributed by atoms with E-state index in [9.17, 15) is 14.4 Å².